The fraction of sp³-hybridized carbons (Fsp3) is 0.625. The average Bonchev–Trinajstić information content (AvgIpc) is 3.25. The molecule has 0 aliphatic carbocycles. The fourth-order valence-corrected chi connectivity index (χ4v) is 6.34. The Morgan fingerprint density at radius 3 is 2.66 bits per heavy atom. The summed E-state index contributed by atoms with van der Waals surface area (Å²) in [5.74, 6) is 0.120. The highest BCUT2D eigenvalue weighted by Crippen LogP contribution is 2.43. The number of piperidine rings is 1. The number of hydrogen-bond donors (Lipinski definition) is 2. The zero-order valence-electron chi connectivity index (χ0n) is 18.9. The summed E-state index contributed by atoms with van der Waals surface area (Å²) in [5.41, 5.74) is 0.703. The Morgan fingerprint density at radius 2 is 2.03 bits per heavy atom. The van der Waals surface area contributed by atoms with Crippen LogP contribution in [-0.2, 0) is 25.5 Å². The molecule has 2 heterocycles. The monoisotopic (exact) mass is 462 g/mol. The van der Waals surface area contributed by atoms with E-state index in [9.17, 15) is 19.5 Å². The lowest BCUT2D eigenvalue weighted by atomic mass is 9.82. The lowest BCUT2D eigenvalue weighted by molar-refractivity contribution is -0.161. The topological polar surface area (TPSA) is 95.9 Å². The number of carbonyl (C=O) groups excluding carboxylic acids is 2. The number of thioether (sulfide) groups is 1. The molecule has 0 radical (unpaired) electrons. The highest BCUT2D eigenvalue weighted by atomic mass is 32.2. The first-order valence-corrected chi connectivity index (χ1v) is 12.6. The van der Waals surface area contributed by atoms with Crippen LogP contribution in [0.25, 0.3) is 0 Å². The molecule has 1 spiro atoms. The molecule has 2 saturated heterocycles. The molecule has 0 aromatic heterocycles. The van der Waals surface area contributed by atoms with E-state index in [0.29, 0.717) is 19.3 Å². The summed E-state index contributed by atoms with van der Waals surface area (Å²) >= 11 is 1.78. The Balaban J connectivity index is 1.75. The van der Waals surface area contributed by atoms with Crippen LogP contribution in [0.15, 0.2) is 30.3 Å². The number of hydrogen-bond acceptors (Lipinski definition) is 6. The summed E-state index contributed by atoms with van der Waals surface area (Å²) in [5, 5.41) is 13.0. The highest BCUT2D eigenvalue weighted by molar-refractivity contribution is 7.99. The SMILES string of the molecule is CCOC(=O)C(CCc1ccccc1)N[C@@H](C)C(=O)N1C(C(=O)O)CCCC12CCSC2. The number of carboxylic acids is 1. The maximum Gasteiger partial charge on any atom is 0.326 e. The van der Waals surface area contributed by atoms with Gasteiger partial charge in [-0.25, -0.2) is 4.79 Å². The van der Waals surface area contributed by atoms with Crippen LogP contribution in [0.3, 0.4) is 0 Å². The summed E-state index contributed by atoms with van der Waals surface area (Å²) in [6.45, 7) is 3.74. The van der Waals surface area contributed by atoms with Crippen LogP contribution < -0.4 is 5.32 Å². The van der Waals surface area contributed by atoms with E-state index in [1.54, 1.807) is 30.5 Å². The second-order valence-corrected chi connectivity index (χ2v) is 9.80. The van der Waals surface area contributed by atoms with E-state index in [-0.39, 0.29) is 18.5 Å². The molecular formula is C24H34N2O5S. The summed E-state index contributed by atoms with van der Waals surface area (Å²) in [7, 11) is 0. The largest absolute Gasteiger partial charge is 0.480 e. The molecular weight excluding hydrogens is 428 g/mol. The van der Waals surface area contributed by atoms with Crippen molar-refractivity contribution in [3.8, 4) is 0 Å². The number of benzene rings is 1. The molecule has 8 heteroatoms. The first-order chi connectivity index (χ1) is 15.4. The van der Waals surface area contributed by atoms with E-state index in [1.807, 2.05) is 30.3 Å². The van der Waals surface area contributed by atoms with E-state index in [2.05, 4.69) is 5.32 Å². The third-order valence-corrected chi connectivity index (χ3v) is 7.74. The van der Waals surface area contributed by atoms with Crippen LogP contribution in [0.5, 0.6) is 0 Å². The number of nitrogens with zero attached hydrogens (tertiary/aromatic N) is 1. The third-order valence-electron chi connectivity index (χ3n) is 6.50. The van der Waals surface area contributed by atoms with Gasteiger partial charge in [-0.2, -0.15) is 11.8 Å². The number of amides is 1. The van der Waals surface area contributed by atoms with Gasteiger partial charge >= 0.3 is 11.9 Å². The van der Waals surface area contributed by atoms with Crippen LogP contribution in [-0.4, -0.2) is 69.6 Å². The molecule has 7 nitrogen and oxygen atoms in total. The molecule has 0 saturated carbocycles. The Morgan fingerprint density at radius 1 is 1.28 bits per heavy atom. The number of carbonyl (C=O) groups is 3. The van der Waals surface area contributed by atoms with Crippen molar-refractivity contribution in [1.82, 2.24) is 10.2 Å². The Hall–Kier alpha value is -2.06. The number of esters is 1. The molecule has 32 heavy (non-hydrogen) atoms. The van der Waals surface area contributed by atoms with Crippen molar-refractivity contribution in [1.29, 1.82) is 0 Å². The van der Waals surface area contributed by atoms with Crippen molar-refractivity contribution in [2.75, 3.05) is 18.1 Å². The van der Waals surface area contributed by atoms with E-state index < -0.39 is 29.6 Å². The molecule has 1 aromatic rings. The molecule has 2 aliphatic rings. The standard InChI is InChI=1S/C24H34N2O5S/c1-3-31-23(30)19(12-11-18-8-5-4-6-9-18)25-17(2)21(27)26-20(22(28)29)10-7-13-24(26)14-15-32-16-24/h4-6,8-9,17,19-20,25H,3,7,10-16H2,1-2H3,(H,28,29)/t17-,19?,20?,24?/m0/s1. The minimum Gasteiger partial charge on any atom is -0.480 e. The van der Waals surface area contributed by atoms with Gasteiger partial charge in [-0.1, -0.05) is 30.3 Å². The molecule has 3 rings (SSSR count). The summed E-state index contributed by atoms with van der Waals surface area (Å²) in [6.07, 6.45) is 4.08. The van der Waals surface area contributed by atoms with Crippen LogP contribution in [0, 0.1) is 0 Å². The summed E-state index contributed by atoms with van der Waals surface area (Å²) in [4.78, 5) is 39.9. The van der Waals surface area contributed by atoms with Crippen molar-refractivity contribution in [2.24, 2.45) is 0 Å². The molecule has 1 aromatic carbocycles. The van der Waals surface area contributed by atoms with Gasteiger partial charge in [0.25, 0.3) is 0 Å². The van der Waals surface area contributed by atoms with Gasteiger partial charge in [0.2, 0.25) is 5.91 Å². The van der Waals surface area contributed by atoms with Crippen molar-refractivity contribution < 1.29 is 24.2 Å². The molecule has 176 valence electrons. The first kappa shape index (κ1) is 24.6. The van der Waals surface area contributed by atoms with Gasteiger partial charge in [0.15, 0.2) is 0 Å². The molecule has 2 aliphatic heterocycles. The predicted molar refractivity (Wildman–Crippen MR) is 125 cm³/mol. The number of aryl methyl sites for hydroxylation is 1. The summed E-state index contributed by atoms with van der Waals surface area (Å²) < 4.78 is 5.25. The molecule has 1 amide bonds. The lowest BCUT2D eigenvalue weighted by Gasteiger charge is -2.49. The minimum absolute atomic E-state index is 0.242. The Bertz CT molecular complexity index is 797. The highest BCUT2D eigenvalue weighted by Gasteiger charge is 2.51. The summed E-state index contributed by atoms with van der Waals surface area (Å²) in [6, 6.07) is 7.71. The van der Waals surface area contributed by atoms with Gasteiger partial charge in [0.1, 0.15) is 12.1 Å². The van der Waals surface area contributed by atoms with Gasteiger partial charge in [0.05, 0.1) is 18.2 Å². The minimum atomic E-state index is -0.951. The predicted octanol–water partition coefficient (Wildman–Crippen LogP) is 2.87. The second kappa shape index (κ2) is 11.2. The Labute approximate surface area is 194 Å². The third kappa shape index (κ3) is 5.64. The van der Waals surface area contributed by atoms with Gasteiger partial charge in [0, 0.05) is 5.75 Å². The van der Waals surface area contributed by atoms with E-state index in [0.717, 1.165) is 36.3 Å². The number of ether oxygens (including phenoxy) is 1. The zero-order valence-corrected chi connectivity index (χ0v) is 19.7. The van der Waals surface area contributed by atoms with Crippen LogP contribution in [0.1, 0.15) is 51.5 Å². The number of nitrogens with one attached hydrogen (secondary N) is 1. The van der Waals surface area contributed by atoms with Gasteiger partial charge in [-0.05, 0) is 63.7 Å². The van der Waals surface area contributed by atoms with E-state index >= 15 is 0 Å². The van der Waals surface area contributed by atoms with Crippen LogP contribution in [0.2, 0.25) is 0 Å². The lowest BCUT2D eigenvalue weighted by Crippen LogP contribution is -2.65. The van der Waals surface area contributed by atoms with Crippen molar-refractivity contribution in [2.45, 2.75) is 76.0 Å². The Kier molecular flexibility index (Phi) is 8.59. The quantitative estimate of drug-likeness (QED) is 0.545. The number of likely N-dealkylation sites (tertiary alicyclic amines) is 1. The van der Waals surface area contributed by atoms with Crippen molar-refractivity contribution in [3.05, 3.63) is 35.9 Å². The molecule has 3 unspecified atom stereocenters. The normalized spacial score (nSPS) is 24.8. The van der Waals surface area contributed by atoms with Crippen LogP contribution in [0.4, 0.5) is 0 Å². The van der Waals surface area contributed by atoms with Crippen molar-refractivity contribution in [3.63, 3.8) is 0 Å². The zero-order chi connectivity index (χ0) is 23.1. The van der Waals surface area contributed by atoms with Gasteiger partial charge in [-0.3, -0.25) is 14.9 Å². The molecule has 2 N–H and O–H groups in total. The second-order valence-electron chi connectivity index (χ2n) is 8.70. The first-order valence-electron chi connectivity index (χ1n) is 11.5. The number of rotatable bonds is 9. The van der Waals surface area contributed by atoms with Gasteiger partial charge < -0.3 is 14.7 Å². The van der Waals surface area contributed by atoms with E-state index in [4.69, 9.17) is 4.74 Å². The fourth-order valence-electron chi connectivity index (χ4n) is 4.86. The number of carboxylic acid groups (broad SMARTS) is 1. The number of aliphatic carboxylic acids is 1. The average molecular weight is 463 g/mol. The van der Waals surface area contributed by atoms with Gasteiger partial charge in [-0.15, -0.1) is 0 Å². The maximum absolute atomic E-state index is 13.6. The molecule has 4 atom stereocenters. The van der Waals surface area contributed by atoms with Crippen molar-refractivity contribution >= 4 is 29.6 Å². The molecule has 0 bridgehead atoms. The molecule has 2 fully saturated rings. The van der Waals surface area contributed by atoms with E-state index in [1.165, 1.54) is 0 Å². The van der Waals surface area contributed by atoms with Crippen LogP contribution >= 0.6 is 11.8 Å². The smallest absolute Gasteiger partial charge is 0.326 e. The maximum atomic E-state index is 13.6.